The molecule has 0 radical (unpaired) electrons. The van der Waals surface area contributed by atoms with E-state index in [4.69, 9.17) is 20.5 Å². The van der Waals surface area contributed by atoms with Crippen LogP contribution in [0.2, 0.25) is 5.02 Å². The summed E-state index contributed by atoms with van der Waals surface area (Å²) in [6, 6.07) is 8.23. The highest BCUT2D eigenvalue weighted by Crippen LogP contribution is 2.31. The first-order valence-electron chi connectivity index (χ1n) is 7.16. The summed E-state index contributed by atoms with van der Waals surface area (Å²) in [5, 5.41) is 0.598. The van der Waals surface area contributed by atoms with Crippen LogP contribution in [0, 0.1) is 13.8 Å². The molecule has 0 aliphatic heterocycles. The molecule has 0 unspecified atom stereocenters. The predicted molar refractivity (Wildman–Crippen MR) is 91.1 cm³/mol. The Hall–Kier alpha value is -1.72. The Kier molecular flexibility index (Phi) is 5.22. The van der Waals surface area contributed by atoms with E-state index < -0.39 is 10.1 Å². The van der Waals surface area contributed by atoms with Gasteiger partial charge in [-0.3, -0.25) is 0 Å². The number of hydrogen-bond acceptors (Lipinski definition) is 4. The molecule has 2 rings (SSSR count). The Morgan fingerprint density at radius 2 is 1.70 bits per heavy atom. The lowest BCUT2D eigenvalue weighted by molar-refractivity contribution is 0.398. The monoisotopic (exact) mass is 354 g/mol. The molecular weight excluding hydrogens is 336 g/mol. The molecule has 2 aromatic carbocycles. The van der Waals surface area contributed by atoms with E-state index in [1.807, 2.05) is 13.0 Å². The third kappa shape index (κ3) is 3.79. The van der Waals surface area contributed by atoms with Crippen LogP contribution in [0.15, 0.2) is 35.2 Å². The summed E-state index contributed by atoms with van der Waals surface area (Å²) in [5.74, 6) is 0.484. The topological polar surface area (TPSA) is 52.6 Å². The van der Waals surface area contributed by atoms with Gasteiger partial charge in [-0.2, -0.15) is 8.42 Å². The average Bonchev–Trinajstić information content (AvgIpc) is 2.51. The number of ether oxygens (including phenoxy) is 1. The molecule has 2 aromatic rings. The molecule has 0 saturated carbocycles. The van der Waals surface area contributed by atoms with Crippen LogP contribution in [0.3, 0.4) is 0 Å². The highest BCUT2D eigenvalue weighted by atomic mass is 35.5. The van der Waals surface area contributed by atoms with E-state index in [1.54, 1.807) is 38.1 Å². The number of hydrogen-bond donors (Lipinski definition) is 0. The maximum atomic E-state index is 12.6. The van der Waals surface area contributed by atoms with Crippen molar-refractivity contribution < 1.29 is 17.3 Å². The molecule has 0 bridgehead atoms. The van der Waals surface area contributed by atoms with Crippen LogP contribution in [-0.2, 0) is 16.5 Å². The minimum absolute atomic E-state index is 0.0182. The number of benzene rings is 2. The summed E-state index contributed by atoms with van der Waals surface area (Å²) in [6.45, 7) is 5.55. The van der Waals surface area contributed by atoms with Gasteiger partial charge in [0.1, 0.15) is 16.4 Å². The van der Waals surface area contributed by atoms with Gasteiger partial charge in [-0.1, -0.05) is 24.6 Å². The van der Waals surface area contributed by atoms with E-state index >= 15 is 0 Å². The third-order valence-electron chi connectivity index (χ3n) is 3.52. The van der Waals surface area contributed by atoms with Gasteiger partial charge in [-0.05, 0) is 61.2 Å². The molecule has 0 atom stereocenters. The number of halogens is 1. The van der Waals surface area contributed by atoms with Crippen molar-refractivity contribution in [3.05, 3.63) is 52.0 Å². The first-order valence-corrected chi connectivity index (χ1v) is 8.95. The lowest BCUT2D eigenvalue weighted by atomic mass is 10.1. The van der Waals surface area contributed by atoms with E-state index in [1.165, 1.54) is 7.11 Å². The Balaban J connectivity index is 2.47. The highest BCUT2D eigenvalue weighted by Gasteiger charge is 2.23. The molecule has 0 aliphatic carbocycles. The molecule has 124 valence electrons. The van der Waals surface area contributed by atoms with Crippen LogP contribution in [0.5, 0.6) is 11.5 Å². The van der Waals surface area contributed by atoms with Crippen molar-refractivity contribution in [3.8, 4) is 11.5 Å². The zero-order valence-electron chi connectivity index (χ0n) is 13.5. The van der Waals surface area contributed by atoms with Crippen LogP contribution in [0.25, 0.3) is 0 Å². The molecule has 0 N–H and O–H groups in total. The normalized spacial score (nSPS) is 11.3. The standard InChI is InChI=1S/C17H19ClO4S/c1-5-13-6-7-15(21-4)16(10-13)23(19,20)22-14-8-11(2)17(18)12(3)9-14/h6-10H,5H2,1-4H3. The second kappa shape index (κ2) is 6.81. The summed E-state index contributed by atoms with van der Waals surface area (Å²) in [6.07, 6.45) is 0.714. The molecule has 6 heteroatoms. The summed E-state index contributed by atoms with van der Waals surface area (Å²) in [5.41, 5.74) is 2.40. The first-order chi connectivity index (χ1) is 10.8. The van der Waals surface area contributed by atoms with E-state index in [0.717, 1.165) is 16.7 Å². The SMILES string of the molecule is CCc1ccc(OC)c(S(=O)(=O)Oc2cc(C)c(Cl)c(C)c2)c1. The van der Waals surface area contributed by atoms with Gasteiger partial charge >= 0.3 is 10.1 Å². The average molecular weight is 355 g/mol. The third-order valence-corrected chi connectivity index (χ3v) is 5.39. The molecule has 0 spiro atoms. The molecular formula is C17H19ClO4S. The number of methoxy groups -OCH3 is 1. The minimum Gasteiger partial charge on any atom is -0.495 e. The molecule has 0 heterocycles. The fourth-order valence-corrected chi connectivity index (χ4v) is 3.50. The van der Waals surface area contributed by atoms with Crippen LogP contribution < -0.4 is 8.92 Å². The van der Waals surface area contributed by atoms with Gasteiger partial charge in [0, 0.05) is 5.02 Å². The predicted octanol–water partition coefficient (Wildman–Crippen LogP) is 4.30. The van der Waals surface area contributed by atoms with Gasteiger partial charge in [0.2, 0.25) is 0 Å². The van der Waals surface area contributed by atoms with Crippen molar-refractivity contribution in [2.24, 2.45) is 0 Å². The number of rotatable bonds is 5. The van der Waals surface area contributed by atoms with E-state index in [9.17, 15) is 8.42 Å². The molecule has 23 heavy (non-hydrogen) atoms. The maximum absolute atomic E-state index is 12.6. The molecule has 0 aromatic heterocycles. The molecule has 0 aliphatic rings. The van der Waals surface area contributed by atoms with Crippen molar-refractivity contribution in [2.45, 2.75) is 32.1 Å². The second-order valence-corrected chi connectivity index (χ2v) is 7.14. The summed E-state index contributed by atoms with van der Waals surface area (Å²) in [7, 11) is -2.58. The Labute approximate surface area is 142 Å². The van der Waals surface area contributed by atoms with E-state index in [-0.39, 0.29) is 16.4 Å². The molecule has 0 fully saturated rings. The maximum Gasteiger partial charge on any atom is 0.342 e. The Morgan fingerprint density at radius 1 is 1.09 bits per heavy atom. The quantitative estimate of drug-likeness (QED) is 0.751. The number of aryl methyl sites for hydroxylation is 3. The van der Waals surface area contributed by atoms with Crippen LogP contribution >= 0.6 is 11.6 Å². The second-order valence-electron chi connectivity index (χ2n) is 5.25. The van der Waals surface area contributed by atoms with Crippen molar-refractivity contribution in [3.63, 3.8) is 0 Å². The fraction of sp³-hybridized carbons (Fsp3) is 0.294. The fourth-order valence-electron chi connectivity index (χ4n) is 2.26. The minimum atomic E-state index is -4.00. The van der Waals surface area contributed by atoms with Gasteiger partial charge in [0.15, 0.2) is 0 Å². The van der Waals surface area contributed by atoms with Crippen molar-refractivity contribution in [1.82, 2.24) is 0 Å². The van der Waals surface area contributed by atoms with E-state index in [0.29, 0.717) is 11.4 Å². The zero-order chi connectivity index (χ0) is 17.2. The first kappa shape index (κ1) is 17.6. The van der Waals surface area contributed by atoms with Crippen molar-refractivity contribution in [2.75, 3.05) is 7.11 Å². The van der Waals surface area contributed by atoms with Crippen LogP contribution in [-0.4, -0.2) is 15.5 Å². The van der Waals surface area contributed by atoms with Crippen molar-refractivity contribution >= 4 is 21.7 Å². The lowest BCUT2D eigenvalue weighted by Gasteiger charge is -2.13. The van der Waals surface area contributed by atoms with Crippen LogP contribution in [0.1, 0.15) is 23.6 Å². The van der Waals surface area contributed by atoms with Gasteiger partial charge in [0.25, 0.3) is 0 Å². The van der Waals surface area contributed by atoms with Gasteiger partial charge in [-0.15, -0.1) is 0 Å². The highest BCUT2D eigenvalue weighted by molar-refractivity contribution is 7.87. The summed E-state index contributed by atoms with van der Waals surface area (Å²) < 4.78 is 35.7. The Morgan fingerprint density at radius 3 is 2.22 bits per heavy atom. The summed E-state index contributed by atoms with van der Waals surface area (Å²) >= 11 is 6.10. The smallest absolute Gasteiger partial charge is 0.342 e. The van der Waals surface area contributed by atoms with Gasteiger partial charge in [0.05, 0.1) is 7.11 Å². The summed E-state index contributed by atoms with van der Waals surface area (Å²) in [4.78, 5) is 0.0182. The van der Waals surface area contributed by atoms with Gasteiger partial charge < -0.3 is 8.92 Å². The van der Waals surface area contributed by atoms with E-state index in [2.05, 4.69) is 0 Å². The van der Waals surface area contributed by atoms with Crippen LogP contribution in [0.4, 0.5) is 0 Å². The largest absolute Gasteiger partial charge is 0.495 e. The molecule has 4 nitrogen and oxygen atoms in total. The Bertz CT molecular complexity index is 805. The molecule has 0 amide bonds. The zero-order valence-corrected chi connectivity index (χ0v) is 15.1. The van der Waals surface area contributed by atoms with Gasteiger partial charge in [-0.25, -0.2) is 0 Å². The van der Waals surface area contributed by atoms with Crippen molar-refractivity contribution in [1.29, 1.82) is 0 Å². The lowest BCUT2D eigenvalue weighted by Crippen LogP contribution is -2.12. The molecule has 0 saturated heterocycles.